The van der Waals surface area contributed by atoms with Gasteiger partial charge in [0.05, 0.1) is 6.20 Å². The van der Waals surface area contributed by atoms with Crippen molar-refractivity contribution < 1.29 is 26.7 Å². The number of carbonyl (C=O) groups is 1. The highest BCUT2D eigenvalue weighted by Gasteiger charge is 2.45. The van der Waals surface area contributed by atoms with Crippen LogP contribution >= 0.6 is 0 Å². The summed E-state index contributed by atoms with van der Waals surface area (Å²) in [5.74, 6) is -6.32. The molecule has 13 heteroatoms. The fourth-order valence-corrected chi connectivity index (χ4v) is 4.86. The molecule has 0 atom stereocenters. The number of alkyl halides is 2. The lowest BCUT2D eigenvalue weighted by Crippen LogP contribution is -2.44. The van der Waals surface area contributed by atoms with Crippen molar-refractivity contribution in [3.63, 3.8) is 0 Å². The van der Waals surface area contributed by atoms with Gasteiger partial charge in [-0.1, -0.05) is 6.92 Å². The van der Waals surface area contributed by atoms with Crippen LogP contribution in [-0.2, 0) is 4.79 Å². The first-order valence-corrected chi connectivity index (χ1v) is 11.5. The maximum atomic E-state index is 14.4. The molecule has 0 unspecified atom stereocenters. The first-order chi connectivity index (χ1) is 16.9. The van der Waals surface area contributed by atoms with Crippen molar-refractivity contribution in [2.24, 2.45) is 11.1 Å². The van der Waals surface area contributed by atoms with E-state index >= 15 is 0 Å². The second kappa shape index (κ2) is 8.56. The quantitative estimate of drug-likeness (QED) is 0.412. The number of rotatable bonds is 6. The van der Waals surface area contributed by atoms with Crippen molar-refractivity contribution >= 4 is 34.7 Å². The van der Waals surface area contributed by atoms with Gasteiger partial charge < -0.3 is 16.4 Å². The molecule has 192 valence electrons. The molecule has 3 aromatic rings. The average molecular weight is 509 g/mol. The van der Waals surface area contributed by atoms with Crippen LogP contribution in [0.15, 0.2) is 18.3 Å². The highest BCUT2D eigenvalue weighted by atomic mass is 19.3. The van der Waals surface area contributed by atoms with E-state index in [1.807, 2.05) is 0 Å². The van der Waals surface area contributed by atoms with Gasteiger partial charge in [0, 0.05) is 42.5 Å². The zero-order valence-corrected chi connectivity index (χ0v) is 19.3. The normalized spacial score (nSPS) is 23.9. The van der Waals surface area contributed by atoms with E-state index in [-0.39, 0.29) is 30.8 Å². The number of nitrogens with zero attached hydrogens (tertiary/aromatic N) is 4. The standard InChI is InChI=1S/C23H24F5N7O/c1-22(19(29)36)4-2-13(3-5-22)35-18-16(10-30-20(34-18)31-12-8-23(27,28)9-12)32-21(35)33-17-14(25)6-11(24)7-15(17)26/h6-7,10,12-13H,2-5,8-9H2,1H3,(H2,29,36)(H,32,33)(H,30,31,34)/t13-,22+. The van der Waals surface area contributed by atoms with E-state index in [9.17, 15) is 26.7 Å². The van der Waals surface area contributed by atoms with Crippen LogP contribution in [0.5, 0.6) is 0 Å². The molecule has 1 amide bonds. The Bertz CT molecular complexity index is 1300. The molecular weight excluding hydrogens is 485 g/mol. The van der Waals surface area contributed by atoms with E-state index < -0.39 is 46.4 Å². The highest BCUT2D eigenvalue weighted by molar-refractivity contribution is 5.80. The number of imidazole rings is 1. The molecule has 0 saturated heterocycles. The molecule has 2 heterocycles. The first kappa shape index (κ1) is 24.2. The Kier molecular flexibility index (Phi) is 5.75. The van der Waals surface area contributed by atoms with Crippen molar-refractivity contribution in [1.29, 1.82) is 0 Å². The Morgan fingerprint density at radius 3 is 2.33 bits per heavy atom. The molecular formula is C23H24F5N7O. The predicted molar refractivity (Wildman–Crippen MR) is 121 cm³/mol. The first-order valence-electron chi connectivity index (χ1n) is 11.5. The molecule has 5 rings (SSSR count). The number of aromatic nitrogens is 4. The molecule has 0 radical (unpaired) electrons. The van der Waals surface area contributed by atoms with Gasteiger partial charge in [0.25, 0.3) is 5.92 Å². The van der Waals surface area contributed by atoms with Gasteiger partial charge in [-0.3, -0.25) is 9.36 Å². The van der Waals surface area contributed by atoms with Crippen LogP contribution < -0.4 is 16.4 Å². The fraction of sp³-hybridized carbons (Fsp3) is 0.478. The number of benzene rings is 1. The zero-order valence-electron chi connectivity index (χ0n) is 19.3. The number of anilines is 3. The van der Waals surface area contributed by atoms with Gasteiger partial charge in [-0.2, -0.15) is 4.98 Å². The molecule has 2 saturated carbocycles. The van der Waals surface area contributed by atoms with Crippen molar-refractivity contribution in [2.45, 2.75) is 63.5 Å². The summed E-state index contributed by atoms with van der Waals surface area (Å²) in [4.78, 5) is 24.9. The summed E-state index contributed by atoms with van der Waals surface area (Å²) in [5, 5.41) is 5.50. The van der Waals surface area contributed by atoms with Crippen molar-refractivity contribution in [3.05, 3.63) is 35.8 Å². The van der Waals surface area contributed by atoms with Crippen LogP contribution in [-0.4, -0.2) is 37.4 Å². The number of halogens is 5. The van der Waals surface area contributed by atoms with E-state index in [0.29, 0.717) is 49.0 Å². The van der Waals surface area contributed by atoms with Crippen LogP contribution in [0.3, 0.4) is 0 Å². The van der Waals surface area contributed by atoms with Gasteiger partial charge >= 0.3 is 0 Å². The summed E-state index contributed by atoms with van der Waals surface area (Å²) in [6, 6.07) is 0.341. The zero-order chi connectivity index (χ0) is 25.8. The molecule has 0 spiro atoms. The molecule has 2 aromatic heterocycles. The van der Waals surface area contributed by atoms with E-state index in [4.69, 9.17) is 5.73 Å². The van der Waals surface area contributed by atoms with Gasteiger partial charge in [-0.15, -0.1) is 0 Å². The summed E-state index contributed by atoms with van der Waals surface area (Å²) in [6.45, 7) is 1.79. The minimum atomic E-state index is -2.72. The van der Waals surface area contributed by atoms with Gasteiger partial charge in [-0.25, -0.2) is 31.9 Å². The molecule has 4 N–H and O–H groups in total. The largest absolute Gasteiger partial charge is 0.369 e. The number of nitrogens with two attached hydrogens (primary N) is 1. The summed E-state index contributed by atoms with van der Waals surface area (Å²) in [7, 11) is 0. The van der Waals surface area contributed by atoms with E-state index in [2.05, 4.69) is 25.6 Å². The Hall–Kier alpha value is -3.51. The number of nitrogens with one attached hydrogen (secondary N) is 2. The second-order valence-electron chi connectivity index (χ2n) is 9.84. The predicted octanol–water partition coefficient (Wildman–Crippen LogP) is 4.80. The van der Waals surface area contributed by atoms with E-state index in [0.717, 1.165) is 0 Å². The minimum absolute atomic E-state index is 0.0451. The molecule has 2 aliphatic rings. The third-order valence-electron chi connectivity index (χ3n) is 7.12. The third-order valence-corrected chi connectivity index (χ3v) is 7.12. The Balaban J connectivity index is 1.52. The average Bonchev–Trinajstić information content (AvgIpc) is 3.13. The van der Waals surface area contributed by atoms with Crippen LogP contribution in [0.25, 0.3) is 11.2 Å². The number of carbonyl (C=O) groups excluding carboxylic acids is 1. The van der Waals surface area contributed by atoms with E-state index in [1.54, 1.807) is 11.5 Å². The van der Waals surface area contributed by atoms with Gasteiger partial charge in [-0.05, 0) is 25.7 Å². The maximum Gasteiger partial charge on any atom is 0.252 e. The number of hydrogen-bond acceptors (Lipinski definition) is 6. The van der Waals surface area contributed by atoms with Crippen LogP contribution in [0.1, 0.15) is 51.5 Å². The van der Waals surface area contributed by atoms with Gasteiger partial charge in [0.1, 0.15) is 17.0 Å². The van der Waals surface area contributed by atoms with Gasteiger partial charge in [0.15, 0.2) is 17.3 Å². The SMILES string of the molecule is C[C@]1(C(N)=O)CC[C@@H](n2c(Nc3c(F)cc(F)cc3F)nc3cnc(NC4CC(F)(F)C4)nc32)CC1. The van der Waals surface area contributed by atoms with Crippen LogP contribution in [0.2, 0.25) is 0 Å². The lowest BCUT2D eigenvalue weighted by molar-refractivity contribution is -0.128. The topological polar surface area (TPSA) is 111 Å². The number of primary amides is 1. The summed E-state index contributed by atoms with van der Waals surface area (Å²) in [5.41, 5.74) is 4.91. The van der Waals surface area contributed by atoms with Gasteiger partial charge in [0.2, 0.25) is 17.8 Å². The fourth-order valence-electron chi connectivity index (χ4n) is 4.86. The molecule has 0 bridgehead atoms. The summed E-state index contributed by atoms with van der Waals surface area (Å²) in [6.07, 6.45) is 2.65. The molecule has 8 nitrogen and oxygen atoms in total. The smallest absolute Gasteiger partial charge is 0.252 e. The molecule has 2 aliphatic carbocycles. The maximum absolute atomic E-state index is 14.4. The number of hydrogen-bond donors (Lipinski definition) is 3. The van der Waals surface area contributed by atoms with Crippen molar-refractivity contribution in [2.75, 3.05) is 10.6 Å². The lowest BCUT2D eigenvalue weighted by Gasteiger charge is -2.36. The number of fused-ring (bicyclic) bond motifs is 1. The van der Waals surface area contributed by atoms with Crippen molar-refractivity contribution in [3.8, 4) is 0 Å². The lowest BCUT2D eigenvalue weighted by atomic mass is 9.73. The highest BCUT2D eigenvalue weighted by Crippen LogP contribution is 2.43. The second-order valence-corrected chi connectivity index (χ2v) is 9.84. The van der Waals surface area contributed by atoms with Crippen molar-refractivity contribution in [1.82, 2.24) is 19.5 Å². The Morgan fingerprint density at radius 1 is 1.11 bits per heavy atom. The Labute approximate surface area is 202 Å². The minimum Gasteiger partial charge on any atom is -0.369 e. The molecule has 36 heavy (non-hydrogen) atoms. The Morgan fingerprint density at radius 2 is 1.75 bits per heavy atom. The van der Waals surface area contributed by atoms with Crippen LogP contribution in [0.4, 0.5) is 39.5 Å². The molecule has 1 aromatic carbocycles. The third kappa shape index (κ3) is 4.42. The monoisotopic (exact) mass is 509 g/mol. The van der Waals surface area contributed by atoms with Crippen LogP contribution in [0, 0.1) is 22.9 Å². The summed E-state index contributed by atoms with van der Waals surface area (Å²) >= 11 is 0. The molecule has 0 aliphatic heterocycles. The number of amides is 1. The molecule has 2 fully saturated rings. The summed E-state index contributed by atoms with van der Waals surface area (Å²) < 4.78 is 70.4. The van der Waals surface area contributed by atoms with E-state index in [1.165, 1.54) is 6.20 Å².